The van der Waals surface area contributed by atoms with Gasteiger partial charge >= 0.3 is 0 Å². The number of fused-ring (bicyclic) bond motifs is 1. The number of nitrogens with zero attached hydrogens (tertiary/aromatic N) is 2. The van der Waals surface area contributed by atoms with Crippen molar-refractivity contribution in [1.29, 1.82) is 0 Å². The van der Waals surface area contributed by atoms with E-state index in [9.17, 15) is 8.42 Å². The van der Waals surface area contributed by atoms with Gasteiger partial charge in [-0.15, -0.1) is 0 Å². The Bertz CT molecular complexity index is 557. The van der Waals surface area contributed by atoms with Gasteiger partial charge in [-0.3, -0.25) is 0 Å². The number of pyridine rings is 1. The molecule has 0 fully saturated rings. The van der Waals surface area contributed by atoms with Gasteiger partial charge in [0.25, 0.3) is 10.0 Å². The molecule has 0 aliphatic rings. The molecule has 0 atom stereocenters. The van der Waals surface area contributed by atoms with Crippen LogP contribution in [0.3, 0.4) is 0 Å². The highest BCUT2D eigenvalue weighted by atomic mass is 32.2. The van der Waals surface area contributed by atoms with Gasteiger partial charge in [-0.25, -0.2) is 18.1 Å². The van der Waals surface area contributed by atoms with Crippen LogP contribution in [-0.2, 0) is 10.0 Å². The molecule has 0 aliphatic carbocycles. The first-order valence-corrected chi connectivity index (χ1v) is 6.42. The number of sulfonamides is 1. The van der Waals surface area contributed by atoms with E-state index in [-0.39, 0.29) is 5.16 Å². The van der Waals surface area contributed by atoms with Gasteiger partial charge in [0, 0.05) is 12.7 Å². The van der Waals surface area contributed by atoms with Gasteiger partial charge in [0.2, 0.25) is 5.16 Å². The molecule has 0 aliphatic heterocycles. The van der Waals surface area contributed by atoms with Crippen molar-refractivity contribution in [3.8, 4) is 0 Å². The van der Waals surface area contributed by atoms with Crippen molar-refractivity contribution in [2.75, 3.05) is 6.54 Å². The average molecular weight is 240 g/mol. The van der Waals surface area contributed by atoms with Crippen molar-refractivity contribution >= 4 is 21.2 Å². The van der Waals surface area contributed by atoms with E-state index in [0.717, 1.165) is 6.42 Å². The molecule has 2 heterocycles. The van der Waals surface area contributed by atoms with E-state index in [2.05, 4.69) is 19.7 Å². The van der Waals surface area contributed by atoms with Crippen LogP contribution < -0.4 is 4.72 Å². The first-order chi connectivity index (χ1) is 7.63. The predicted molar refractivity (Wildman–Crippen MR) is 59.4 cm³/mol. The molecule has 6 nitrogen and oxygen atoms in total. The maximum atomic E-state index is 11.7. The van der Waals surface area contributed by atoms with Gasteiger partial charge in [0.1, 0.15) is 0 Å². The molecule has 2 aromatic heterocycles. The molecule has 86 valence electrons. The molecule has 0 saturated carbocycles. The van der Waals surface area contributed by atoms with E-state index >= 15 is 0 Å². The molecule has 2 rings (SSSR count). The summed E-state index contributed by atoms with van der Waals surface area (Å²) in [6, 6.07) is 3.45. The maximum absolute atomic E-state index is 11.7. The Morgan fingerprint density at radius 1 is 1.50 bits per heavy atom. The molecule has 2 N–H and O–H groups in total. The van der Waals surface area contributed by atoms with Crippen molar-refractivity contribution in [3.63, 3.8) is 0 Å². The summed E-state index contributed by atoms with van der Waals surface area (Å²) in [6.45, 7) is 2.29. The fourth-order valence-corrected chi connectivity index (χ4v) is 2.32. The number of H-pyrrole nitrogens is 1. The molecule has 0 amide bonds. The molecular formula is C9H12N4O2S. The lowest BCUT2D eigenvalue weighted by atomic mass is 10.4. The Balaban J connectivity index is 2.40. The van der Waals surface area contributed by atoms with Crippen molar-refractivity contribution in [3.05, 3.63) is 18.3 Å². The number of rotatable bonds is 4. The van der Waals surface area contributed by atoms with Crippen LogP contribution in [0.25, 0.3) is 11.2 Å². The quantitative estimate of drug-likeness (QED) is 0.821. The molecule has 0 radical (unpaired) electrons. The highest BCUT2D eigenvalue weighted by Gasteiger charge is 2.18. The zero-order chi connectivity index (χ0) is 11.6. The second-order valence-electron chi connectivity index (χ2n) is 3.31. The molecule has 0 bridgehead atoms. The van der Waals surface area contributed by atoms with Gasteiger partial charge < -0.3 is 4.98 Å². The first kappa shape index (κ1) is 11.0. The predicted octanol–water partition coefficient (Wildman–Crippen LogP) is 0.646. The van der Waals surface area contributed by atoms with Gasteiger partial charge in [-0.1, -0.05) is 6.92 Å². The van der Waals surface area contributed by atoms with Crippen LogP contribution in [0.2, 0.25) is 0 Å². The molecule has 0 spiro atoms. The largest absolute Gasteiger partial charge is 0.326 e. The van der Waals surface area contributed by atoms with Crippen LogP contribution in [0.15, 0.2) is 23.5 Å². The molecule has 16 heavy (non-hydrogen) atoms. The minimum absolute atomic E-state index is 0.0883. The lowest BCUT2D eigenvalue weighted by molar-refractivity contribution is 0.573. The van der Waals surface area contributed by atoms with Crippen molar-refractivity contribution in [1.82, 2.24) is 19.7 Å². The fourth-order valence-electron chi connectivity index (χ4n) is 1.26. The Morgan fingerprint density at radius 2 is 2.31 bits per heavy atom. The van der Waals surface area contributed by atoms with Crippen LogP contribution in [0, 0.1) is 0 Å². The third kappa shape index (κ3) is 2.05. The molecule has 7 heteroatoms. The summed E-state index contributed by atoms with van der Waals surface area (Å²) < 4.78 is 25.9. The summed E-state index contributed by atoms with van der Waals surface area (Å²) in [7, 11) is -3.54. The van der Waals surface area contributed by atoms with E-state index in [1.165, 1.54) is 0 Å². The van der Waals surface area contributed by atoms with E-state index in [1.54, 1.807) is 18.3 Å². The van der Waals surface area contributed by atoms with Gasteiger partial charge in [0.15, 0.2) is 5.65 Å². The second-order valence-corrected chi connectivity index (χ2v) is 5.00. The summed E-state index contributed by atoms with van der Waals surface area (Å²) in [4.78, 5) is 10.6. The van der Waals surface area contributed by atoms with Gasteiger partial charge in [-0.05, 0) is 18.6 Å². The van der Waals surface area contributed by atoms with E-state index in [0.29, 0.717) is 17.7 Å². The zero-order valence-electron chi connectivity index (χ0n) is 8.77. The number of aromatic amines is 1. The number of hydrogen-bond donors (Lipinski definition) is 2. The lowest BCUT2D eigenvalue weighted by Gasteiger charge is -2.00. The summed E-state index contributed by atoms with van der Waals surface area (Å²) >= 11 is 0. The Labute approximate surface area is 93.2 Å². The molecule has 0 aromatic carbocycles. The average Bonchev–Trinajstić information content (AvgIpc) is 2.71. The Morgan fingerprint density at radius 3 is 3.00 bits per heavy atom. The summed E-state index contributed by atoms with van der Waals surface area (Å²) in [6.07, 6.45) is 2.30. The highest BCUT2D eigenvalue weighted by molar-refractivity contribution is 7.89. The first-order valence-electron chi connectivity index (χ1n) is 4.94. The van der Waals surface area contributed by atoms with Crippen LogP contribution in [0.4, 0.5) is 0 Å². The topological polar surface area (TPSA) is 87.7 Å². The number of aromatic nitrogens is 3. The molecule has 0 saturated heterocycles. The maximum Gasteiger partial charge on any atom is 0.274 e. The third-order valence-electron chi connectivity index (χ3n) is 2.03. The number of imidazole rings is 1. The van der Waals surface area contributed by atoms with Crippen LogP contribution in [0.1, 0.15) is 13.3 Å². The van der Waals surface area contributed by atoms with E-state index in [1.807, 2.05) is 6.92 Å². The minimum atomic E-state index is -3.54. The summed E-state index contributed by atoms with van der Waals surface area (Å²) in [5.41, 5.74) is 1.01. The van der Waals surface area contributed by atoms with E-state index in [4.69, 9.17) is 0 Å². The molecular weight excluding hydrogens is 228 g/mol. The monoisotopic (exact) mass is 240 g/mol. The van der Waals surface area contributed by atoms with Crippen LogP contribution in [-0.4, -0.2) is 29.9 Å². The van der Waals surface area contributed by atoms with Crippen LogP contribution in [0.5, 0.6) is 0 Å². The number of nitrogens with one attached hydrogen (secondary N) is 2. The minimum Gasteiger partial charge on any atom is -0.326 e. The smallest absolute Gasteiger partial charge is 0.274 e. The summed E-state index contributed by atoms with van der Waals surface area (Å²) in [5, 5.41) is -0.0883. The second kappa shape index (κ2) is 4.18. The van der Waals surface area contributed by atoms with Crippen LogP contribution >= 0.6 is 0 Å². The Kier molecular flexibility index (Phi) is 2.88. The Hall–Kier alpha value is -1.47. The molecule has 2 aromatic rings. The van der Waals surface area contributed by atoms with Crippen molar-refractivity contribution in [2.24, 2.45) is 0 Å². The van der Waals surface area contributed by atoms with Gasteiger partial charge in [-0.2, -0.15) is 4.98 Å². The standard InChI is InChI=1S/C9H12N4O2S/c1-2-5-11-16(14,15)9-12-7-4-3-6-10-8(7)13-9/h3-4,6,11H,2,5H2,1H3,(H,10,12,13). The lowest BCUT2D eigenvalue weighted by Crippen LogP contribution is -2.25. The van der Waals surface area contributed by atoms with E-state index < -0.39 is 10.0 Å². The zero-order valence-corrected chi connectivity index (χ0v) is 9.58. The SMILES string of the molecule is CCCNS(=O)(=O)c1nc2ncccc2[nH]1. The van der Waals surface area contributed by atoms with Gasteiger partial charge in [0.05, 0.1) is 5.52 Å². The number of hydrogen-bond acceptors (Lipinski definition) is 4. The third-order valence-corrected chi connectivity index (χ3v) is 3.32. The highest BCUT2D eigenvalue weighted by Crippen LogP contribution is 2.11. The fraction of sp³-hybridized carbons (Fsp3) is 0.333. The van der Waals surface area contributed by atoms with Crippen molar-refractivity contribution < 1.29 is 8.42 Å². The molecule has 0 unspecified atom stereocenters. The normalized spacial score (nSPS) is 12.1. The summed E-state index contributed by atoms with van der Waals surface area (Å²) in [5.74, 6) is 0. The van der Waals surface area contributed by atoms with Crippen molar-refractivity contribution in [2.45, 2.75) is 18.5 Å².